The van der Waals surface area contributed by atoms with E-state index in [4.69, 9.17) is 9.47 Å². The number of hydrogen-bond acceptors (Lipinski definition) is 3. The summed E-state index contributed by atoms with van der Waals surface area (Å²) in [6, 6.07) is 8.73. The van der Waals surface area contributed by atoms with Crippen LogP contribution in [0.3, 0.4) is 0 Å². The zero-order valence-corrected chi connectivity index (χ0v) is 19.5. The molecule has 34 heavy (non-hydrogen) atoms. The molecule has 3 rings (SSSR count). The number of rotatable bonds is 12. The van der Waals surface area contributed by atoms with Gasteiger partial charge in [-0.05, 0) is 37.1 Å². The van der Waals surface area contributed by atoms with Crippen molar-refractivity contribution in [3.63, 3.8) is 0 Å². The van der Waals surface area contributed by atoms with Gasteiger partial charge in [-0.3, -0.25) is 0 Å². The van der Waals surface area contributed by atoms with Crippen LogP contribution in [0.2, 0.25) is 0 Å². The highest BCUT2D eigenvalue weighted by Crippen LogP contribution is 2.30. The molecule has 0 bridgehead atoms. The van der Waals surface area contributed by atoms with Crippen molar-refractivity contribution in [3.8, 4) is 22.8 Å². The van der Waals surface area contributed by atoms with E-state index in [0.29, 0.717) is 12.2 Å². The number of nitrogens with zero attached hydrogens (tertiary/aromatic N) is 1. The van der Waals surface area contributed by atoms with Crippen LogP contribution in [0.5, 0.6) is 11.6 Å². The van der Waals surface area contributed by atoms with Crippen LogP contribution in [0.25, 0.3) is 11.1 Å². The summed E-state index contributed by atoms with van der Waals surface area (Å²) in [5, 5.41) is 0. The minimum Gasteiger partial charge on any atom is -0.490 e. The molecule has 0 N–H and O–H groups in total. The van der Waals surface area contributed by atoms with Crippen molar-refractivity contribution >= 4 is 0 Å². The maximum Gasteiger partial charge on any atom is 0.213 e. The molecule has 1 heterocycles. The van der Waals surface area contributed by atoms with E-state index in [1.165, 1.54) is 68.8 Å². The molecule has 0 amide bonds. The Morgan fingerprint density at radius 1 is 0.735 bits per heavy atom. The predicted molar refractivity (Wildman–Crippen MR) is 124 cm³/mol. The largest absolute Gasteiger partial charge is 0.490 e. The molecular weight excluding hydrogens is 446 g/mol. The van der Waals surface area contributed by atoms with Crippen LogP contribution in [0.1, 0.15) is 56.6 Å². The van der Waals surface area contributed by atoms with Gasteiger partial charge >= 0.3 is 0 Å². The second kappa shape index (κ2) is 12.4. The van der Waals surface area contributed by atoms with Gasteiger partial charge in [-0.2, -0.15) is 4.39 Å². The number of halogens is 4. The van der Waals surface area contributed by atoms with Gasteiger partial charge in [0.25, 0.3) is 0 Å². The first-order valence-electron chi connectivity index (χ1n) is 11.6. The summed E-state index contributed by atoms with van der Waals surface area (Å²) in [5.41, 5.74) is 0.643. The van der Waals surface area contributed by atoms with Crippen LogP contribution in [-0.2, 0) is 6.61 Å². The standard InChI is InChI=1S/C27H29F4NO2/c1-3-4-5-6-7-8-15-33-22-13-12-21(26(30)27(22)31)19-11-14-23(32-16-19)34-17-20-10-9-18(2)24(28)25(20)29/h9-14,16H,3-8,15,17H2,1-2H3. The third kappa shape index (κ3) is 6.49. The number of benzene rings is 2. The summed E-state index contributed by atoms with van der Waals surface area (Å²) < 4.78 is 67.6. The number of aryl methyl sites for hydroxylation is 1. The molecule has 0 saturated heterocycles. The summed E-state index contributed by atoms with van der Waals surface area (Å²) in [6.07, 6.45) is 7.77. The Kier molecular flexibility index (Phi) is 9.31. The third-order valence-electron chi connectivity index (χ3n) is 5.58. The van der Waals surface area contributed by atoms with E-state index in [1.54, 1.807) is 0 Å². The molecule has 7 heteroatoms. The van der Waals surface area contributed by atoms with E-state index >= 15 is 0 Å². The van der Waals surface area contributed by atoms with Crippen molar-refractivity contribution in [3.05, 3.63) is 77.0 Å². The quantitative estimate of drug-likeness (QED) is 0.197. The van der Waals surface area contributed by atoms with Gasteiger partial charge in [0.15, 0.2) is 23.2 Å². The molecule has 1 aromatic heterocycles. The lowest BCUT2D eigenvalue weighted by atomic mass is 10.1. The normalized spacial score (nSPS) is 11.0. The molecule has 0 aliphatic heterocycles. The molecule has 182 valence electrons. The molecule has 0 fully saturated rings. The molecule has 0 aliphatic carbocycles. The van der Waals surface area contributed by atoms with Crippen molar-refractivity contribution in [2.45, 2.75) is 59.0 Å². The Hall–Kier alpha value is -3.09. The highest BCUT2D eigenvalue weighted by Gasteiger charge is 2.17. The van der Waals surface area contributed by atoms with Crippen LogP contribution >= 0.6 is 0 Å². The summed E-state index contributed by atoms with van der Waals surface area (Å²) in [6.45, 7) is 3.74. The zero-order chi connectivity index (χ0) is 24.5. The van der Waals surface area contributed by atoms with Crippen molar-refractivity contribution in [2.24, 2.45) is 0 Å². The minimum absolute atomic E-state index is 0.0371. The lowest BCUT2D eigenvalue weighted by molar-refractivity contribution is 0.284. The average molecular weight is 476 g/mol. The second-order valence-electron chi connectivity index (χ2n) is 8.20. The molecule has 0 radical (unpaired) electrons. The predicted octanol–water partition coefficient (Wildman–Crippen LogP) is 7.93. The maximum absolute atomic E-state index is 14.7. The van der Waals surface area contributed by atoms with Crippen molar-refractivity contribution in [1.29, 1.82) is 0 Å². The van der Waals surface area contributed by atoms with Gasteiger partial charge in [-0.15, -0.1) is 0 Å². The van der Waals surface area contributed by atoms with Crippen LogP contribution in [-0.4, -0.2) is 11.6 Å². The lowest BCUT2D eigenvalue weighted by Gasteiger charge is -2.11. The number of ether oxygens (including phenoxy) is 2. The average Bonchev–Trinajstić information content (AvgIpc) is 2.84. The summed E-state index contributed by atoms with van der Waals surface area (Å²) >= 11 is 0. The van der Waals surface area contributed by atoms with Gasteiger partial charge in [0.2, 0.25) is 11.7 Å². The molecule has 0 spiro atoms. The Bertz CT molecular complexity index is 1090. The molecule has 0 unspecified atom stereocenters. The lowest BCUT2D eigenvalue weighted by Crippen LogP contribution is -2.03. The van der Waals surface area contributed by atoms with Gasteiger partial charge < -0.3 is 9.47 Å². The second-order valence-corrected chi connectivity index (χ2v) is 8.20. The topological polar surface area (TPSA) is 31.4 Å². The molecular formula is C27H29F4NO2. The molecule has 3 aromatic rings. The van der Waals surface area contributed by atoms with E-state index in [-0.39, 0.29) is 34.9 Å². The molecule has 2 aromatic carbocycles. The smallest absolute Gasteiger partial charge is 0.213 e. The Labute approximate surface area is 197 Å². The maximum atomic E-state index is 14.7. The first-order chi connectivity index (χ1) is 16.4. The monoisotopic (exact) mass is 475 g/mol. The van der Waals surface area contributed by atoms with Gasteiger partial charge in [-0.25, -0.2) is 18.2 Å². The Morgan fingerprint density at radius 3 is 2.24 bits per heavy atom. The summed E-state index contributed by atoms with van der Waals surface area (Å²) in [7, 11) is 0. The number of unbranched alkanes of at least 4 members (excludes halogenated alkanes) is 5. The van der Waals surface area contributed by atoms with E-state index in [1.807, 2.05) is 0 Å². The first kappa shape index (κ1) is 25.5. The highest BCUT2D eigenvalue weighted by molar-refractivity contribution is 5.64. The number of hydrogen-bond donors (Lipinski definition) is 0. The van der Waals surface area contributed by atoms with Crippen LogP contribution in [0.15, 0.2) is 42.6 Å². The molecule has 0 atom stereocenters. The van der Waals surface area contributed by atoms with Crippen molar-refractivity contribution in [2.75, 3.05) is 6.61 Å². The van der Waals surface area contributed by atoms with Crippen molar-refractivity contribution < 1.29 is 27.0 Å². The van der Waals surface area contributed by atoms with Crippen LogP contribution in [0.4, 0.5) is 17.6 Å². The van der Waals surface area contributed by atoms with E-state index in [2.05, 4.69) is 11.9 Å². The van der Waals surface area contributed by atoms with Crippen LogP contribution < -0.4 is 9.47 Å². The Balaban J connectivity index is 1.58. The Morgan fingerprint density at radius 2 is 1.50 bits per heavy atom. The fourth-order valence-corrected chi connectivity index (χ4v) is 3.50. The fourth-order valence-electron chi connectivity index (χ4n) is 3.50. The van der Waals surface area contributed by atoms with Gasteiger partial charge in [0.1, 0.15) is 6.61 Å². The summed E-state index contributed by atoms with van der Waals surface area (Å²) in [5.74, 6) is -3.91. The van der Waals surface area contributed by atoms with Crippen molar-refractivity contribution in [1.82, 2.24) is 4.98 Å². The SMILES string of the molecule is CCCCCCCCOc1ccc(-c2ccc(OCc3ccc(C)c(F)c3F)nc2)c(F)c1F. The third-order valence-corrected chi connectivity index (χ3v) is 5.58. The van der Waals surface area contributed by atoms with E-state index in [9.17, 15) is 17.6 Å². The molecule has 3 nitrogen and oxygen atoms in total. The van der Waals surface area contributed by atoms with Gasteiger partial charge in [0, 0.05) is 29.0 Å². The first-order valence-corrected chi connectivity index (χ1v) is 11.6. The molecule has 0 saturated carbocycles. The number of pyridine rings is 1. The van der Waals surface area contributed by atoms with Gasteiger partial charge in [0.05, 0.1) is 6.61 Å². The van der Waals surface area contributed by atoms with Gasteiger partial charge in [-0.1, -0.05) is 51.2 Å². The number of aromatic nitrogens is 1. The fraction of sp³-hybridized carbons (Fsp3) is 0.370. The van der Waals surface area contributed by atoms with E-state index in [0.717, 1.165) is 19.3 Å². The summed E-state index contributed by atoms with van der Waals surface area (Å²) in [4.78, 5) is 4.07. The van der Waals surface area contributed by atoms with Crippen LogP contribution in [0, 0.1) is 30.2 Å². The highest BCUT2D eigenvalue weighted by atomic mass is 19.2. The molecule has 0 aliphatic rings. The minimum atomic E-state index is -1.04. The zero-order valence-electron chi connectivity index (χ0n) is 19.5. The van der Waals surface area contributed by atoms with E-state index < -0.39 is 23.3 Å².